The molecule has 29 heavy (non-hydrogen) atoms. The van der Waals surface area contributed by atoms with E-state index >= 15 is 0 Å². The summed E-state index contributed by atoms with van der Waals surface area (Å²) < 4.78 is 0. The lowest BCUT2D eigenvalue weighted by Crippen LogP contribution is -2.46. The van der Waals surface area contributed by atoms with Crippen LogP contribution in [0.4, 0.5) is 0 Å². The Morgan fingerprint density at radius 1 is 1.07 bits per heavy atom. The van der Waals surface area contributed by atoms with Gasteiger partial charge in [-0.1, -0.05) is 44.2 Å². The second-order valence-electron chi connectivity index (χ2n) is 9.17. The van der Waals surface area contributed by atoms with E-state index in [1.807, 2.05) is 7.05 Å². The number of hydrogen-bond acceptors (Lipinski definition) is 3. The van der Waals surface area contributed by atoms with Crippen LogP contribution in [0, 0.1) is 11.8 Å². The molecule has 2 aliphatic heterocycles. The van der Waals surface area contributed by atoms with Crippen LogP contribution in [0.25, 0.3) is 0 Å². The molecule has 2 heterocycles. The van der Waals surface area contributed by atoms with Crippen LogP contribution in [-0.2, 0) is 0 Å². The van der Waals surface area contributed by atoms with Crippen LogP contribution >= 0.6 is 0 Å². The van der Waals surface area contributed by atoms with Crippen molar-refractivity contribution < 1.29 is 0 Å². The van der Waals surface area contributed by atoms with Crippen molar-refractivity contribution in [2.75, 3.05) is 52.9 Å². The van der Waals surface area contributed by atoms with Crippen LogP contribution in [0.15, 0.2) is 35.3 Å². The van der Waals surface area contributed by atoms with Gasteiger partial charge in [-0.2, -0.15) is 0 Å². The molecule has 0 amide bonds. The second kappa shape index (κ2) is 11.6. The molecule has 162 valence electrons. The molecule has 0 spiro atoms. The summed E-state index contributed by atoms with van der Waals surface area (Å²) in [6.45, 7) is 12.6. The number of piperidine rings is 1. The maximum absolute atomic E-state index is 4.49. The van der Waals surface area contributed by atoms with E-state index in [1.165, 1.54) is 64.0 Å². The van der Waals surface area contributed by atoms with Crippen molar-refractivity contribution >= 4 is 5.96 Å². The topological polar surface area (TPSA) is 42.9 Å². The van der Waals surface area contributed by atoms with Gasteiger partial charge in [-0.15, -0.1) is 0 Å². The first-order valence-corrected chi connectivity index (χ1v) is 11.6. The minimum absolute atomic E-state index is 0.411. The lowest BCUT2D eigenvalue weighted by molar-refractivity contribution is 0.159. The van der Waals surface area contributed by atoms with E-state index in [1.54, 1.807) is 0 Å². The number of aliphatic imine (C=N–C) groups is 1. The first-order valence-electron chi connectivity index (χ1n) is 11.6. The molecule has 3 rings (SSSR count). The van der Waals surface area contributed by atoms with Crippen molar-refractivity contribution in [2.45, 2.75) is 45.6 Å². The molecule has 2 atom stereocenters. The monoisotopic (exact) mass is 399 g/mol. The zero-order valence-electron chi connectivity index (χ0n) is 18.7. The highest BCUT2D eigenvalue weighted by atomic mass is 15.2. The molecule has 2 fully saturated rings. The molecule has 5 nitrogen and oxygen atoms in total. The third kappa shape index (κ3) is 7.00. The highest BCUT2D eigenvalue weighted by Gasteiger charge is 2.24. The van der Waals surface area contributed by atoms with Crippen LogP contribution in [0.2, 0.25) is 0 Å². The van der Waals surface area contributed by atoms with E-state index in [2.05, 4.69) is 69.6 Å². The molecule has 2 unspecified atom stereocenters. The van der Waals surface area contributed by atoms with Crippen molar-refractivity contribution in [3.63, 3.8) is 0 Å². The Balaban J connectivity index is 1.49. The fourth-order valence-corrected chi connectivity index (χ4v) is 4.84. The van der Waals surface area contributed by atoms with Gasteiger partial charge in [0.2, 0.25) is 0 Å². The van der Waals surface area contributed by atoms with Gasteiger partial charge in [-0.3, -0.25) is 9.89 Å². The molecule has 0 radical (unpaired) electrons. The Hall–Kier alpha value is -1.59. The largest absolute Gasteiger partial charge is 0.356 e. The maximum Gasteiger partial charge on any atom is 0.191 e. The summed E-state index contributed by atoms with van der Waals surface area (Å²) in [6.07, 6.45) is 5.25. The van der Waals surface area contributed by atoms with Crippen molar-refractivity contribution in [2.24, 2.45) is 16.8 Å². The van der Waals surface area contributed by atoms with Gasteiger partial charge in [-0.05, 0) is 62.7 Å². The van der Waals surface area contributed by atoms with E-state index in [0.717, 1.165) is 25.0 Å². The zero-order valence-corrected chi connectivity index (χ0v) is 18.7. The van der Waals surface area contributed by atoms with Gasteiger partial charge in [0.1, 0.15) is 0 Å². The summed E-state index contributed by atoms with van der Waals surface area (Å²) in [5.74, 6) is 2.40. The number of likely N-dealkylation sites (tertiary alicyclic amines) is 2. The molecule has 0 saturated carbocycles. The smallest absolute Gasteiger partial charge is 0.191 e. The molecule has 2 N–H and O–H groups in total. The third-order valence-electron chi connectivity index (χ3n) is 6.24. The van der Waals surface area contributed by atoms with Crippen LogP contribution in [0.1, 0.15) is 51.1 Å². The average molecular weight is 400 g/mol. The SMILES string of the molecule is CN=C(NCC1CCCN(CC(C)C)C1)NCC(c1ccccc1)N1CCCC1. The molecule has 0 aromatic heterocycles. The van der Waals surface area contributed by atoms with E-state index in [9.17, 15) is 0 Å². The number of guanidine groups is 1. The van der Waals surface area contributed by atoms with Crippen LogP contribution in [-0.4, -0.2) is 68.6 Å². The van der Waals surface area contributed by atoms with Crippen LogP contribution in [0.5, 0.6) is 0 Å². The molecule has 1 aromatic carbocycles. The van der Waals surface area contributed by atoms with E-state index in [-0.39, 0.29) is 0 Å². The minimum atomic E-state index is 0.411. The predicted octanol–water partition coefficient (Wildman–Crippen LogP) is 3.36. The molecule has 0 bridgehead atoms. The third-order valence-corrected chi connectivity index (χ3v) is 6.24. The molecule has 2 aliphatic rings. The van der Waals surface area contributed by atoms with Crippen molar-refractivity contribution in [1.82, 2.24) is 20.4 Å². The van der Waals surface area contributed by atoms with E-state index in [0.29, 0.717) is 12.0 Å². The second-order valence-corrected chi connectivity index (χ2v) is 9.17. The Labute approximate surface area is 178 Å². The summed E-state index contributed by atoms with van der Waals surface area (Å²) in [6, 6.07) is 11.3. The maximum atomic E-state index is 4.49. The number of benzene rings is 1. The normalized spacial score (nSPS) is 22.8. The summed E-state index contributed by atoms with van der Waals surface area (Å²) in [5, 5.41) is 7.22. The van der Waals surface area contributed by atoms with Crippen molar-refractivity contribution in [1.29, 1.82) is 0 Å². The fourth-order valence-electron chi connectivity index (χ4n) is 4.84. The van der Waals surface area contributed by atoms with Gasteiger partial charge in [0.15, 0.2) is 5.96 Å². The first kappa shape index (κ1) is 22.1. The highest BCUT2D eigenvalue weighted by Crippen LogP contribution is 2.24. The van der Waals surface area contributed by atoms with Gasteiger partial charge < -0.3 is 15.5 Å². The number of nitrogens with zero attached hydrogens (tertiary/aromatic N) is 3. The summed E-state index contributed by atoms with van der Waals surface area (Å²) >= 11 is 0. The molecule has 1 aromatic rings. The van der Waals surface area contributed by atoms with Gasteiger partial charge in [0, 0.05) is 33.2 Å². The quantitative estimate of drug-likeness (QED) is 0.520. The lowest BCUT2D eigenvalue weighted by Gasteiger charge is -2.34. The molecule has 0 aliphatic carbocycles. The number of hydrogen-bond donors (Lipinski definition) is 2. The first-order chi connectivity index (χ1) is 14.2. The van der Waals surface area contributed by atoms with Gasteiger partial charge >= 0.3 is 0 Å². The summed E-state index contributed by atoms with van der Waals surface area (Å²) in [7, 11) is 1.88. The van der Waals surface area contributed by atoms with Gasteiger partial charge in [-0.25, -0.2) is 0 Å². The van der Waals surface area contributed by atoms with E-state index < -0.39 is 0 Å². The van der Waals surface area contributed by atoms with Gasteiger partial charge in [0.05, 0.1) is 6.04 Å². The summed E-state index contributed by atoms with van der Waals surface area (Å²) in [4.78, 5) is 9.74. The van der Waals surface area contributed by atoms with Crippen LogP contribution < -0.4 is 10.6 Å². The Kier molecular flexibility index (Phi) is 8.81. The molecule has 2 saturated heterocycles. The van der Waals surface area contributed by atoms with Crippen LogP contribution in [0.3, 0.4) is 0 Å². The zero-order chi connectivity index (χ0) is 20.5. The van der Waals surface area contributed by atoms with Crippen molar-refractivity contribution in [3.8, 4) is 0 Å². The standard InChI is InChI=1S/C24H41N5/c1-20(2)18-28-13-9-10-21(19-28)16-26-24(25-3)27-17-23(29-14-7-8-15-29)22-11-5-4-6-12-22/h4-6,11-12,20-21,23H,7-10,13-19H2,1-3H3,(H2,25,26,27). The number of rotatable bonds is 8. The summed E-state index contributed by atoms with van der Waals surface area (Å²) in [5.41, 5.74) is 1.40. The Morgan fingerprint density at radius 3 is 2.52 bits per heavy atom. The lowest BCUT2D eigenvalue weighted by atomic mass is 9.97. The predicted molar refractivity (Wildman–Crippen MR) is 123 cm³/mol. The molecule has 5 heteroatoms. The Morgan fingerprint density at radius 2 is 1.83 bits per heavy atom. The van der Waals surface area contributed by atoms with E-state index in [4.69, 9.17) is 0 Å². The molecular formula is C24H41N5. The van der Waals surface area contributed by atoms with Gasteiger partial charge in [0.25, 0.3) is 0 Å². The number of nitrogens with one attached hydrogen (secondary N) is 2. The minimum Gasteiger partial charge on any atom is -0.356 e. The molecular weight excluding hydrogens is 358 g/mol. The van der Waals surface area contributed by atoms with Crippen molar-refractivity contribution in [3.05, 3.63) is 35.9 Å². The average Bonchev–Trinajstić information content (AvgIpc) is 3.25. The highest BCUT2D eigenvalue weighted by molar-refractivity contribution is 5.79. The fraction of sp³-hybridized carbons (Fsp3) is 0.708. The Bertz CT molecular complexity index is 609.